The molecule has 0 fully saturated rings. The highest BCUT2D eigenvalue weighted by Crippen LogP contribution is 2.35. The summed E-state index contributed by atoms with van der Waals surface area (Å²) in [5, 5.41) is 0. The van der Waals surface area contributed by atoms with Crippen LogP contribution in [0, 0.1) is 22.7 Å². The quantitative estimate of drug-likeness (QED) is 0.663. The molecule has 0 amide bonds. The number of rotatable bonds is 4. The predicted molar refractivity (Wildman–Crippen MR) is 77.2 cm³/mol. The number of hydrogen-bond acceptors (Lipinski definition) is 1. The van der Waals surface area contributed by atoms with Crippen LogP contribution < -0.4 is 0 Å². The van der Waals surface area contributed by atoms with Gasteiger partial charge >= 0.3 is 0 Å². The van der Waals surface area contributed by atoms with Gasteiger partial charge < -0.3 is 4.74 Å². The Balaban J connectivity index is 4.96. The van der Waals surface area contributed by atoms with Crippen LogP contribution in [0.3, 0.4) is 0 Å². The van der Waals surface area contributed by atoms with Gasteiger partial charge in [0.2, 0.25) is 0 Å². The highest BCUT2D eigenvalue weighted by molar-refractivity contribution is 4.84. The predicted octanol–water partition coefficient (Wildman–Crippen LogP) is 5.14. The molecule has 0 aliphatic carbocycles. The summed E-state index contributed by atoms with van der Waals surface area (Å²) < 4.78 is 6.50. The maximum Gasteiger partial charge on any atom is 0.0650 e. The van der Waals surface area contributed by atoms with E-state index in [4.69, 9.17) is 4.74 Å². The van der Waals surface area contributed by atoms with Gasteiger partial charge in [-0.2, -0.15) is 0 Å². The van der Waals surface area contributed by atoms with Gasteiger partial charge in [0.15, 0.2) is 0 Å². The molecule has 0 aliphatic heterocycles. The monoisotopic (exact) mass is 242 g/mol. The largest absolute Gasteiger partial charge is 0.373 e. The van der Waals surface area contributed by atoms with Gasteiger partial charge in [0, 0.05) is 0 Å². The smallest absolute Gasteiger partial charge is 0.0650 e. The molecule has 0 heterocycles. The second-order valence-electron chi connectivity index (χ2n) is 8.20. The van der Waals surface area contributed by atoms with Gasteiger partial charge in [0.25, 0.3) is 0 Å². The summed E-state index contributed by atoms with van der Waals surface area (Å²) in [6.07, 6.45) is 0.628. The average Bonchev–Trinajstić information content (AvgIpc) is 1.96. The molecule has 17 heavy (non-hydrogen) atoms. The third-order valence-corrected chi connectivity index (χ3v) is 3.21. The van der Waals surface area contributed by atoms with Gasteiger partial charge in [-0.25, -0.2) is 0 Å². The Hall–Kier alpha value is -0.0400. The van der Waals surface area contributed by atoms with Gasteiger partial charge in [-0.05, 0) is 22.7 Å². The molecule has 0 aromatic rings. The van der Waals surface area contributed by atoms with Gasteiger partial charge in [-0.15, -0.1) is 0 Å². The normalized spacial score (nSPS) is 17.6. The van der Waals surface area contributed by atoms with Crippen molar-refractivity contribution in [3.63, 3.8) is 0 Å². The van der Waals surface area contributed by atoms with Crippen molar-refractivity contribution >= 4 is 0 Å². The molecule has 0 saturated heterocycles. The Bertz CT molecular complexity index is 191. The summed E-state index contributed by atoms with van der Waals surface area (Å²) in [7, 11) is 0. The van der Waals surface area contributed by atoms with Crippen molar-refractivity contribution in [2.45, 2.75) is 81.4 Å². The fourth-order valence-corrected chi connectivity index (χ4v) is 2.88. The molecule has 0 aromatic heterocycles. The Morgan fingerprint density at radius 1 is 0.588 bits per heavy atom. The first-order valence-electron chi connectivity index (χ1n) is 7.02. The second-order valence-corrected chi connectivity index (χ2v) is 8.20. The lowest BCUT2D eigenvalue weighted by Gasteiger charge is -2.42. The van der Waals surface area contributed by atoms with E-state index in [0.717, 1.165) is 0 Å². The molecular weight excluding hydrogens is 208 g/mol. The van der Waals surface area contributed by atoms with Crippen LogP contribution in [0.2, 0.25) is 0 Å². The van der Waals surface area contributed by atoms with E-state index in [9.17, 15) is 0 Å². The minimum Gasteiger partial charge on any atom is -0.373 e. The second kappa shape index (κ2) is 5.73. The summed E-state index contributed by atoms with van der Waals surface area (Å²) in [6, 6.07) is 0. The van der Waals surface area contributed by atoms with E-state index in [2.05, 4.69) is 69.2 Å². The Kier molecular flexibility index (Phi) is 5.72. The van der Waals surface area contributed by atoms with Crippen molar-refractivity contribution in [2.75, 3.05) is 0 Å². The molecule has 0 aromatic carbocycles. The average molecular weight is 242 g/mol. The lowest BCUT2D eigenvalue weighted by atomic mass is 9.79. The highest BCUT2D eigenvalue weighted by atomic mass is 16.5. The van der Waals surface area contributed by atoms with Crippen LogP contribution in [0.25, 0.3) is 0 Å². The first-order valence-corrected chi connectivity index (χ1v) is 7.02. The van der Waals surface area contributed by atoms with E-state index in [-0.39, 0.29) is 10.8 Å². The van der Waals surface area contributed by atoms with Crippen molar-refractivity contribution in [2.24, 2.45) is 22.7 Å². The van der Waals surface area contributed by atoms with E-state index < -0.39 is 0 Å². The molecule has 2 atom stereocenters. The zero-order chi connectivity index (χ0) is 14.0. The van der Waals surface area contributed by atoms with Crippen LogP contribution in [-0.2, 0) is 4.74 Å². The van der Waals surface area contributed by atoms with Crippen molar-refractivity contribution in [1.29, 1.82) is 0 Å². The molecule has 0 aliphatic rings. The Morgan fingerprint density at radius 2 is 0.824 bits per heavy atom. The summed E-state index contributed by atoms with van der Waals surface area (Å²) in [4.78, 5) is 0. The maximum atomic E-state index is 6.50. The first kappa shape index (κ1) is 17.0. The topological polar surface area (TPSA) is 9.23 Å². The van der Waals surface area contributed by atoms with Crippen LogP contribution in [0.5, 0.6) is 0 Å². The molecule has 0 radical (unpaired) electrons. The molecule has 104 valence electrons. The SMILES string of the molecule is CC(C)C(OC(C(C)C)C(C)(C)C)C(C)(C)C. The first-order chi connectivity index (χ1) is 7.37. The van der Waals surface area contributed by atoms with Crippen LogP contribution in [0.1, 0.15) is 69.2 Å². The van der Waals surface area contributed by atoms with Gasteiger partial charge in [0.1, 0.15) is 0 Å². The third kappa shape index (κ3) is 5.42. The van der Waals surface area contributed by atoms with Crippen molar-refractivity contribution in [3.05, 3.63) is 0 Å². The van der Waals surface area contributed by atoms with Crippen LogP contribution in [0.4, 0.5) is 0 Å². The third-order valence-electron chi connectivity index (χ3n) is 3.21. The summed E-state index contributed by atoms with van der Waals surface area (Å²) in [5.41, 5.74) is 0.402. The zero-order valence-electron chi connectivity index (χ0n) is 13.7. The fraction of sp³-hybridized carbons (Fsp3) is 1.00. The highest BCUT2D eigenvalue weighted by Gasteiger charge is 2.36. The maximum absolute atomic E-state index is 6.50. The summed E-state index contributed by atoms with van der Waals surface area (Å²) in [5.74, 6) is 1.11. The van der Waals surface area contributed by atoms with Crippen molar-refractivity contribution in [3.8, 4) is 0 Å². The van der Waals surface area contributed by atoms with Crippen LogP contribution in [0.15, 0.2) is 0 Å². The molecular formula is C16H34O. The molecule has 0 rings (SSSR count). The molecule has 0 spiro atoms. The Morgan fingerprint density at radius 3 is 0.941 bits per heavy atom. The number of ether oxygens (including phenoxy) is 1. The van der Waals surface area contributed by atoms with Gasteiger partial charge in [-0.1, -0.05) is 69.2 Å². The van der Waals surface area contributed by atoms with Crippen LogP contribution in [-0.4, -0.2) is 12.2 Å². The minimum atomic E-state index is 0.201. The minimum absolute atomic E-state index is 0.201. The van der Waals surface area contributed by atoms with E-state index in [0.29, 0.717) is 24.0 Å². The van der Waals surface area contributed by atoms with Crippen molar-refractivity contribution < 1.29 is 4.74 Å². The van der Waals surface area contributed by atoms with E-state index in [1.807, 2.05) is 0 Å². The fourth-order valence-electron chi connectivity index (χ4n) is 2.88. The lowest BCUT2D eigenvalue weighted by molar-refractivity contribution is -0.141. The molecule has 1 nitrogen and oxygen atoms in total. The molecule has 0 bridgehead atoms. The van der Waals surface area contributed by atoms with Gasteiger partial charge in [0.05, 0.1) is 12.2 Å². The summed E-state index contributed by atoms with van der Waals surface area (Å²) >= 11 is 0. The van der Waals surface area contributed by atoms with E-state index >= 15 is 0 Å². The molecule has 0 N–H and O–H groups in total. The van der Waals surface area contributed by atoms with Crippen LogP contribution >= 0.6 is 0 Å². The van der Waals surface area contributed by atoms with E-state index in [1.165, 1.54) is 0 Å². The Labute approximate surface area is 109 Å². The van der Waals surface area contributed by atoms with Gasteiger partial charge in [-0.3, -0.25) is 0 Å². The number of hydrogen-bond donors (Lipinski definition) is 0. The lowest BCUT2D eigenvalue weighted by Crippen LogP contribution is -2.43. The molecule has 1 heteroatoms. The van der Waals surface area contributed by atoms with Crippen molar-refractivity contribution in [1.82, 2.24) is 0 Å². The van der Waals surface area contributed by atoms with E-state index in [1.54, 1.807) is 0 Å². The zero-order valence-corrected chi connectivity index (χ0v) is 13.7. The molecule has 0 saturated carbocycles. The molecule has 2 unspecified atom stereocenters. The summed E-state index contributed by atoms with van der Waals surface area (Å²) in [6.45, 7) is 22.7. The standard InChI is InChI=1S/C16H34O/c1-11(2)13(15(5,6)7)17-14(12(3)4)16(8,9)10/h11-14H,1-10H3.